The molecule has 0 aromatic carbocycles. The minimum Gasteiger partial charge on any atom is -0.326 e. The summed E-state index contributed by atoms with van der Waals surface area (Å²) in [6.45, 7) is 9.70. The number of rotatable bonds is 2. The van der Waals surface area contributed by atoms with E-state index in [1.54, 1.807) is 0 Å². The summed E-state index contributed by atoms with van der Waals surface area (Å²) < 4.78 is 0. The summed E-state index contributed by atoms with van der Waals surface area (Å²) in [7, 11) is 0. The van der Waals surface area contributed by atoms with Crippen molar-refractivity contribution in [3.8, 4) is 0 Å². The van der Waals surface area contributed by atoms with Crippen molar-refractivity contribution < 1.29 is 0 Å². The van der Waals surface area contributed by atoms with Crippen LogP contribution in [0.3, 0.4) is 0 Å². The van der Waals surface area contributed by atoms with Crippen molar-refractivity contribution in [3.63, 3.8) is 0 Å². The average Bonchev–Trinajstić information content (AvgIpc) is 2.32. The van der Waals surface area contributed by atoms with Gasteiger partial charge in [0, 0.05) is 12.1 Å². The third kappa shape index (κ3) is 3.23. The highest BCUT2D eigenvalue weighted by molar-refractivity contribution is 4.90. The Hall–Kier alpha value is -0.0800. The average molecular weight is 238 g/mol. The number of hydrogen-bond donors (Lipinski definition) is 1. The second-order valence-electron chi connectivity index (χ2n) is 6.77. The fourth-order valence-corrected chi connectivity index (χ4v) is 3.71. The molecule has 0 spiro atoms. The Balaban J connectivity index is 1.87. The van der Waals surface area contributed by atoms with Crippen molar-refractivity contribution >= 4 is 0 Å². The van der Waals surface area contributed by atoms with Crippen LogP contribution in [0.25, 0.3) is 0 Å². The summed E-state index contributed by atoms with van der Waals surface area (Å²) in [6.07, 6.45) is 6.66. The van der Waals surface area contributed by atoms with Gasteiger partial charge in [-0.1, -0.05) is 20.8 Å². The molecule has 1 heterocycles. The Morgan fingerprint density at radius 2 is 1.71 bits per heavy atom. The third-order valence-corrected chi connectivity index (χ3v) is 5.12. The van der Waals surface area contributed by atoms with E-state index in [2.05, 4.69) is 25.7 Å². The van der Waals surface area contributed by atoms with E-state index in [1.807, 2.05) is 0 Å². The highest BCUT2D eigenvalue weighted by Gasteiger charge is 2.33. The van der Waals surface area contributed by atoms with Crippen LogP contribution in [0.2, 0.25) is 0 Å². The van der Waals surface area contributed by atoms with Crippen LogP contribution >= 0.6 is 0 Å². The van der Waals surface area contributed by atoms with Crippen molar-refractivity contribution in [1.29, 1.82) is 0 Å². The minimum absolute atomic E-state index is 0.432. The van der Waals surface area contributed by atoms with Crippen LogP contribution < -0.4 is 5.73 Å². The van der Waals surface area contributed by atoms with Crippen LogP contribution in [0, 0.1) is 17.8 Å². The van der Waals surface area contributed by atoms with E-state index in [4.69, 9.17) is 5.73 Å². The van der Waals surface area contributed by atoms with Crippen LogP contribution in [0.1, 0.15) is 52.9 Å². The highest BCUT2D eigenvalue weighted by Crippen LogP contribution is 2.31. The summed E-state index contributed by atoms with van der Waals surface area (Å²) in [5, 5.41) is 0. The van der Waals surface area contributed by atoms with Gasteiger partial charge in [-0.3, -0.25) is 4.90 Å². The third-order valence-electron chi connectivity index (χ3n) is 5.12. The Morgan fingerprint density at radius 1 is 1.06 bits per heavy atom. The quantitative estimate of drug-likeness (QED) is 0.801. The molecule has 1 aliphatic heterocycles. The van der Waals surface area contributed by atoms with Gasteiger partial charge in [0.05, 0.1) is 0 Å². The van der Waals surface area contributed by atoms with Crippen molar-refractivity contribution in [2.75, 3.05) is 13.1 Å². The van der Waals surface area contributed by atoms with E-state index < -0.39 is 0 Å². The maximum Gasteiger partial charge on any atom is 0.0249 e. The maximum absolute atomic E-state index is 6.32. The summed E-state index contributed by atoms with van der Waals surface area (Å²) in [5.74, 6) is 2.68. The Morgan fingerprint density at radius 3 is 2.29 bits per heavy atom. The van der Waals surface area contributed by atoms with Crippen LogP contribution in [-0.4, -0.2) is 30.1 Å². The van der Waals surface area contributed by atoms with Crippen molar-refractivity contribution in [1.82, 2.24) is 4.90 Å². The molecule has 1 saturated carbocycles. The molecule has 0 bridgehead atoms. The van der Waals surface area contributed by atoms with E-state index in [1.165, 1.54) is 45.2 Å². The molecule has 2 aliphatic rings. The van der Waals surface area contributed by atoms with Crippen molar-refractivity contribution in [3.05, 3.63) is 0 Å². The first kappa shape index (κ1) is 13.4. The van der Waals surface area contributed by atoms with Gasteiger partial charge in [0.2, 0.25) is 0 Å². The Bertz CT molecular complexity index is 231. The minimum atomic E-state index is 0.432. The van der Waals surface area contributed by atoms with Gasteiger partial charge in [-0.15, -0.1) is 0 Å². The van der Waals surface area contributed by atoms with Gasteiger partial charge < -0.3 is 5.73 Å². The SMILES string of the molecule is CC1CCC(N)C(N2CCC(C(C)C)CC2)C1. The standard InChI is InChI=1S/C15H30N2/c1-11(2)13-6-8-17(9-7-13)15-10-12(3)4-5-14(15)16/h11-15H,4-10,16H2,1-3H3. The second kappa shape index (κ2) is 5.71. The van der Waals surface area contributed by atoms with E-state index in [-0.39, 0.29) is 0 Å². The molecule has 2 heteroatoms. The number of likely N-dealkylation sites (tertiary alicyclic amines) is 1. The molecule has 2 fully saturated rings. The van der Waals surface area contributed by atoms with E-state index >= 15 is 0 Å². The normalized spacial score (nSPS) is 37.6. The van der Waals surface area contributed by atoms with Gasteiger partial charge in [0.1, 0.15) is 0 Å². The Labute approximate surface area is 107 Å². The van der Waals surface area contributed by atoms with E-state index in [0.29, 0.717) is 12.1 Å². The molecule has 0 radical (unpaired) electrons. The van der Waals surface area contributed by atoms with E-state index in [0.717, 1.165) is 17.8 Å². The smallest absolute Gasteiger partial charge is 0.0249 e. The van der Waals surface area contributed by atoms with Crippen LogP contribution in [0.4, 0.5) is 0 Å². The fraction of sp³-hybridized carbons (Fsp3) is 1.00. The molecule has 17 heavy (non-hydrogen) atoms. The summed E-state index contributed by atoms with van der Waals surface area (Å²) in [6, 6.07) is 1.11. The molecule has 2 nitrogen and oxygen atoms in total. The molecule has 0 aromatic heterocycles. The van der Waals surface area contributed by atoms with Gasteiger partial charge in [0.25, 0.3) is 0 Å². The number of nitrogens with zero attached hydrogens (tertiary/aromatic N) is 1. The van der Waals surface area contributed by atoms with Crippen LogP contribution in [-0.2, 0) is 0 Å². The zero-order chi connectivity index (χ0) is 12.4. The predicted molar refractivity (Wildman–Crippen MR) is 73.9 cm³/mol. The zero-order valence-corrected chi connectivity index (χ0v) is 11.9. The molecule has 1 saturated heterocycles. The first-order chi connectivity index (χ1) is 8.08. The van der Waals surface area contributed by atoms with Crippen molar-refractivity contribution in [2.24, 2.45) is 23.5 Å². The monoisotopic (exact) mass is 238 g/mol. The highest BCUT2D eigenvalue weighted by atomic mass is 15.2. The van der Waals surface area contributed by atoms with Gasteiger partial charge >= 0.3 is 0 Å². The molecular formula is C15H30N2. The van der Waals surface area contributed by atoms with Gasteiger partial charge in [-0.05, 0) is 62.9 Å². The summed E-state index contributed by atoms with van der Waals surface area (Å²) in [5.41, 5.74) is 6.32. The lowest BCUT2D eigenvalue weighted by Crippen LogP contribution is -2.53. The molecule has 3 atom stereocenters. The lowest BCUT2D eigenvalue weighted by atomic mass is 9.80. The number of nitrogens with two attached hydrogens (primary N) is 1. The van der Waals surface area contributed by atoms with Crippen LogP contribution in [0.5, 0.6) is 0 Å². The van der Waals surface area contributed by atoms with Gasteiger partial charge in [-0.2, -0.15) is 0 Å². The largest absolute Gasteiger partial charge is 0.326 e. The molecule has 1 aliphatic carbocycles. The maximum atomic E-state index is 6.32. The Kier molecular flexibility index (Phi) is 4.48. The van der Waals surface area contributed by atoms with Gasteiger partial charge in [-0.25, -0.2) is 0 Å². The van der Waals surface area contributed by atoms with Gasteiger partial charge in [0.15, 0.2) is 0 Å². The predicted octanol–water partition coefficient (Wildman–Crippen LogP) is 2.87. The molecule has 100 valence electrons. The van der Waals surface area contributed by atoms with Crippen molar-refractivity contribution in [2.45, 2.75) is 65.0 Å². The lowest BCUT2D eigenvalue weighted by Gasteiger charge is -2.44. The topological polar surface area (TPSA) is 29.3 Å². The number of hydrogen-bond acceptors (Lipinski definition) is 2. The molecular weight excluding hydrogens is 208 g/mol. The first-order valence-electron chi connectivity index (χ1n) is 7.57. The molecule has 2 rings (SSSR count). The number of piperidine rings is 1. The lowest BCUT2D eigenvalue weighted by molar-refractivity contribution is 0.0695. The fourth-order valence-electron chi connectivity index (χ4n) is 3.71. The first-order valence-corrected chi connectivity index (χ1v) is 7.57. The van der Waals surface area contributed by atoms with E-state index in [9.17, 15) is 0 Å². The van der Waals surface area contributed by atoms with Crippen LogP contribution in [0.15, 0.2) is 0 Å². The molecule has 0 aromatic rings. The molecule has 3 unspecified atom stereocenters. The second-order valence-corrected chi connectivity index (χ2v) is 6.77. The summed E-state index contributed by atoms with van der Waals surface area (Å²) >= 11 is 0. The summed E-state index contributed by atoms with van der Waals surface area (Å²) in [4.78, 5) is 2.69. The molecule has 0 amide bonds. The molecule has 2 N–H and O–H groups in total. The zero-order valence-electron chi connectivity index (χ0n) is 11.9.